The van der Waals surface area contributed by atoms with Crippen LogP contribution in [0.2, 0.25) is 0 Å². The summed E-state index contributed by atoms with van der Waals surface area (Å²) in [5.74, 6) is -0.459. The topological polar surface area (TPSA) is 20.3 Å². The van der Waals surface area contributed by atoms with E-state index in [-0.39, 0.29) is 11.6 Å². The molecular formula is C33H24FNO. The zero-order valence-electron chi connectivity index (χ0n) is 19.6. The highest BCUT2D eigenvalue weighted by Gasteiger charge is 2.12. The second-order valence-electron chi connectivity index (χ2n) is 8.35. The van der Waals surface area contributed by atoms with Gasteiger partial charge >= 0.3 is 0 Å². The van der Waals surface area contributed by atoms with Crippen LogP contribution in [0.4, 0.5) is 21.5 Å². The van der Waals surface area contributed by atoms with Crippen molar-refractivity contribution < 1.29 is 9.18 Å². The smallest absolute Gasteiger partial charge is 0.186 e. The number of allylic oxidation sites excluding steroid dienone is 1. The molecule has 5 aromatic carbocycles. The highest BCUT2D eigenvalue weighted by Crippen LogP contribution is 2.34. The summed E-state index contributed by atoms with van der Waals surface area (Å²) in [6.07, 6.45) is 3.38. The van der Waals surface area contributed by atoms with E-state index >= 15 is 0 Å². The largest absolute Gasteiger partial charge is 0.311 e. The molecule has 0 saturated carbocycles. The van der Waals surface area contributed by atoms with Gasteiger partial charge in [0.1, 0.15) is 5.82 Å². The summed E-state index contributed by atoms with van der Waals surface area (Å²) in [5.41, 5.74) is 5.99. The zero-order chi connectivity index (χ0) is 24.7. The van der Waals surface area contributed by atoms with Crippen LogP contribution < -0.4 is 4.90 Å². The molecule has 0 aliphatic carbocycles. The minimum Gasteiger partial charge on any atom is -0.311 e. The fourth-order valence-corrected chi connectivity index (χ4v) is 4.20. The third-order valence-corrected chi connectivity index (χ3v) is 5.94. The van der Waals surface area contributed by atoms with Crippen molar-refractivity contribution in [2.45, 2.75) is 0 Å². The van der Waals surface area contributed by atoms with Gasteiger partial charge in [-0.1, -0.05) is 91.0 Å². The SMILES string of the molecule is O=C(/C=C/c1ccc(N(c2ccccc2)c2ccccc2)cc1)c1ccccc1-c1cccc(F)c1. The number of para-hydroxylation sites is 2. The predicted molar refractivity (Wildman–Crippen MR) is 146 cm³/mol. The number of halogens is 1. The van der Waals surface area contributed by atoms with Gasteiger partial charge in [0.15, 0.2) is 5.78 Å². The van der Waals surface area contributed by atoms with Crippen molar-refractivity contribution in [3.05, 3.63) is 156 Å². The molecule has 5 rings (SSSR count). The van der Waals surface area contributed by atoms with E-state index in [0.717, 1.165) is 22.6 Å². The fourth-order valence-electron chi connectivity index (χ4n) is 4.20. The molecule has 0 unspecified atom stereocenters. The van der Waals surface area contributed by atoms with Crippen molar-refractivity contribution in [3.8, 4) is 11.1 Å². The quantitative estimate of drug-likeness (QED) is 0.175. The molecule has 0 saturated heterocycles. The first kappa shape index (κ1) is 23.0. The van der Waals surface area contributed by atoms with E-state index in [1.54, 1.807) is 18.2 Å². The van der Waals surface area contributed by atoms with Crippen LogP contribution >= 0.6 is 0 Å². The first-order valence-electron chi connectivity index (χ1n) is 11.8. The number of anilines is 3. The van der Waals surface area contributed by atoms with E-state index in [1.165, 1.54) is 12.1 Å². The maximum atomic E-state index is 13.8. The van der Waals surface area contributed by atoms with E-state index < -0.39 is 0 Å². The van der Waals surface area contributed by atoms with Gasteiger partial charge in [0, 0.05) is 22.6 Å². The molecule has 0 aliphatic rings. The molecule has 0 spiro atoms. The van der Waals surface area contributed by atoms with Gasteiger partial charge < -0.3 is 4.90 Å². The van der Waals surface area contributed by atoms with E-state index in [2.05, 4.69) is 29.2 Å². The van der Waals surface area contributed by atoms with Crippen LogP contribution in [0.25, 0.3) is 17.2 Å². The molecule has 2 nitrogen and oxygen atoms in total. The van der Waals surface area contributed by atoms with Crippen LogP contribution in [0.15, 0.2) is 140 Å². The highest BCUT2D eigenvalue weighted by molar-refractivity contribution is 6.11. The number of nitrogens with zero attached hydrogens (tertiary/aromatic N) is 1. The summed E-state index contributed by atoms with van der Waals surface area (Å²) in [6, 6.07) is 42.1. The summed E-state index contributed by atoms with van der Waals surface area (Å²) in [6.45, 7) is 0. The Kier molecular flexibility index (Phi) is 6.81. The Morgan fingerprint density at radius 2 is 1.19 bits per heavy atom. The van der Waals surface area contributed by atoms with Crippen molar-refractivity contribution in [2.75, 3.05) is 4.90 Å². The van der Waals surface area contributed by atoms with Gasteiger partial charge in [0.25, 0.3) is 0 Å². The van der Waals surface area contributed by atoms with Crippen LogP contribution in [0.3, 0.4) is 0 Å². The van der Waals surface area contributed by atoms with Crippen molar-refractivity contribution in [3.63, 3.8) is 0 Å². The molecular weight excluding hydrogens is 445 g/mol. The molecule has 3 heteroatoms. The Labute approximate surface area is 210 Å². The molecule has 0 N–H and O–H groups in total. The molecule has 0 aromatic heterocycles. The Balaban J connectivity index is 1.40. The Morgan fingerprint density at radius 1 is 0.611 bits per heavy atom. The molecule has 0 atom stereocenters. The van der Waals surface area contributed by atoms with Crippen LogP contribution in [0.1, 0.15) is 15.9 Å². The van der Waals surface area contributed by atoms with Crippen molar-refractivity contribution >= 4 is 28.9 Å². The standard InChI is InChI=1S/C33H24FNO/c34-27-11-9-10-26(24-27)31-16-7-8-17-32(31)33(36)23-20-25-18-21-30(22-19-25)35(28-12-3-1-4-13-28)29-14-5-2-6-15-29/h1-24H/b23-20+. The second kappa shape index (κ2) is 10.7. The molecule has 0 fully saturated rings. The average Bonchev–Trinajstić information content (AvgIpc) is 2.94. The maximum absolute atomic E-state index is 13.8. The number of rotatable bonds is 7. The average molecular weight is 470 g/mol. The maximum Gasteiger partial charge on any atom is 0.186 e. The van der Waals surface area contributed by atoms with Crippen molar-refractivity contribution in [1.29, 1.82) is 0 Å². The molecule has 5 aromatic rings. The fraction of sp³-hybridized carbons (Fsp3) is 0. The van der Waals surface area contributed by atoms with Gasteiger partial charge in [-0.3, -0.25) is 4.79 Å². The van der Waals surface area contributed by atoms with Gasteiger partial charge in [0.2, 0.25) is 0 Å². The molecule has 0 radical (unpaired) electrons. The lowest BCUT2D eigenvalue weighted by atomic mass is 9.96. The molecule has 0 heterocycles. The van der Waals surface area contributed by atoms with Crippen LogP contribution in [0, 0.1) is 5.82 Å². The van der Waals surface area contributed by atoms with E-state index in [0.29, 0.717) is 16.7 Å². The number of carbonyl (C=O) groups excluding carboxylic acids is 1. The minimum absolute atomic E-state index is 0.130. The summed E-state index contributed by atoms with van der Waals surface area (Å²) < 4.78 is 13.8. The summed E-state index contributed by atoms with van der Waals surface area (Å²) >= 11 is 0. The van der Waals surface area contributed by atoms with E-state index in [1.807, 2.05) is 91.0 Å². The number of carbonyl (C=O) groups is 1. The van der Waals surface area contributed by atoms with Gasteiger partial charge in [-0.25, -0.2) is 4.39 Å². The number of hydrogen-bond acceptors (Lipinski definition) is 2. The molecule has 0 aliphatic heterocycles. The van der Waals surface area contributed by atoms with Crippen LogP contribution in [0.5, 0.6) is 0 Å². The van der Waals surface area contributed by atoms with Gasteiger partial charge in [-0.2, -0.15) is 0 Å². The molecule has 36 heavy (non-hydrogen) atoms. The van der Waals surface area contributed by atoms with Crippen molar-refractivity contribution in [2.24, 2.45) is 0 Å². The first-order valence-corrected chi connectivity index (χ1v) is 11.8. The minimum atomic E-state index is -0.328. The number of hydrogen-bond donors (Lipinski definition) is 0. The molecule has 174 valence electrons. The van der Waals surface area contributed by atoms with Crippen LogP contribution in [-0.4, -0.2) is 5.78 Å². The number of ketones is 1. The van der Waals surface area contributed by atoms with Crippen LogP contribution in [-0.2, 0) is 0 Å². The number of benzene rings is 5. The highest BCUT2D eigenvalue weighted by atomic mass is 19.1. The third kappa shape index (κ3) is 5.16. The monoisotopic (exact) mass is 469 g/mol. The Hall–Kier alpha value is -4.76. The lowest BCUT2D eigenvalue weighted by Gasteiger charge is -2.25. The normalized spacial score (nSPS) is 10.9. The van der Waals surface area contributed by atoms with E-state index in [4.69, 9.17) is 0 Å². The summed E-state index contributed by atoms with van der Waals surface area (Å²) in [4.78, 5) is 15.2. The van der Waals surface area contributed by atoms with E-state index in [9.17, 15) is 9.18 Å². The first-order chi connectivity index (χ1) is 17.7. The van der Waals surface area contributed by atoms with Gasteiger partial charge in [-0.15, -0.1) is 0 Å². The Morgan fingerprint density at radius 3 is 1.83 bits per heavy atom. The van der Waals surface area contributed by atoms with Gasteiger partial charge in [0.05, 0.1) is 0 Å². The molecule has 0 bridgehead atoms. The lowest BCUT2D eigenvalue weighted by Crippen LogP contribution is -2.09. The Bertz CT molecular complexity index is 1450. The second-order valence-corrected chi connectivity index (χ2v) is 8.35. The predicted octanol–water partition coefficient (Wildman–Crippen LogP) is 8.86. The zero-order valence-corrected chi connectivity index (χ0v) is 19.6. The summed E-state index contributed by atoms with van der Waals surface area (Å²) in [5, 5.41) is 0. The molecule has 0 amide bonds. The summed E-state index contributed by atoms with van der Waals surface area (Å²) in [7, 11) is 0. The van der Waals surface area contributed by atoms with Crippen molar-refractivity contribution in [1.82, 2.24) is 0 Å². The lowest BCUT2D eigenvalue weighted by molar-refractivity contribution is 0.104. The third-order valence-electron chi connectivity index (χ3n) is 5.94. The van der Waals surface area contributed by atoms with Gasteiger partial charge in [-0.05, 0) is 71.3 Å².